The summed E-state index contributed by atoms with van der Waals surface area (Å²) in [5.41, 5.74) is -1.23. The molecule has 1 aromatic carbocycles. The molecule has 0 bridgehead atoms. The van der Waals surface area contributed by atoms with Crippen molar-refractivity contribution in [3.63, 3.8) is 0 Å². The topological polar surface area (TPSA) is 95.3 Å². The lowest BCUT2D eigenvalue weighted by Crippen LogP contribution is -2.36. The average Bonchev–Trinajstić information content (AvgIpc) is 2.58. The predicted octanol–water partition coefficient (Wildman–Crippen LogP) is 2.83. The van der Waals surface area contributed by atoms with Crippen LogP contribution >= 0.6 is 0 Å². The Morgan fingerprint density at radius 3 is 2.52 bits per heavy atom. The molecule has 1 heterocycles. The number of hydrogen-bond donors (Lipinski definition) is 0. The van der Waals surface area contributed by atoms with Gasteiger partial charge in [0.2, 0.25) is 0 Å². The maximum Gasteiger partial charge on any atom is 0.410 e. The van der Waals surface area contributed by atoms with Crippen molar-refractivity contribution >= 4 is 23.0 Å². The van der Waals surface area contributed by atoms with Gasteiger partial charge in [0.05, 0.1) is 13.7 Å². The van der Waals surface area contributed by atoms with E-state index in [1.807, 2.05) is 0 Å². The van der Waals surface area contributed by atoms with Gasteiger partial charge in [-0.25, -0.2) is 14.4 Å². The first-order chi connectivity index (χ1) is 12.6. The van der Waals surface area contributed by atoms with Crippen LogP contribution in [0.5, 0.6) is 5.75 Å². The lowest BCUT2D eigenvalue weighted by molar-refractivity contribution is 0.0278. The molecular weight excluding hydrogens is 354 g/mol. The third kappa shape index (κ3) is 5.47. The molecule has 0 N–H and O–H groups in total. The van der Waals surface area contributed by atoms with Crippen molar-refractivity contribution in [1.82, 2.24) is 4.90 Å². The van der Waals surface area contributed by atoms with Crippen LogP contribution < -0.4 is 10.4 Å². The maximum absolute atomic E-state index is 11.9. The quantitative estimate of drug-likeness (QED) is 0.584. The predicted molar refractivity (Wildman–Crippen MR) is 98.2 cm³/mol. The molecule has 0 saturated heterocycles. The third-order valence-corrected chi connectivity index (χ3v) is 3.51. The van der Waals surface area contributed by atoms with Crippen molar-refractivity contribution in [2.24, 2.45) is 0 Å². The number of benzene rings is 1. The van der Waals surface area contributed by atoms with E-state index in [1.165, 1.54) is 18.1 Å². The zero-order chi connectivity index (χ0) is 20.2. The Bertz CT molecular complexity index is 895. The van der Waals surface area contributed by atoms with Crippen molar-refractivity contribution in [1.29, 1.82) is 0 Å². The number of fused-ring (bicyclic) bond motifs is 1. The van der Waals surface area contributed by atoms with Gasteiger partial charge in [0.15, 0.2) is 0 Å². The van der Waals surface area contributed by atoms with E-state index in [2.05, 4.69) is 4.74 Å². The van der Waals surface area contributed by atoms with E-state index >= 15 is 0 Å². The SMILES string of the molecule is COC(=O)c1cc2ccc(OCCN(C)C(=O)OC(C)(C)C)cc2oc1=O. The number of ether oxygens (including phenoxy) is 3. The lowest BCUT2D eigenvalue weighted by Gasteiger charge is -2.24. The molecule has 8 heteroatoms. The first-order valence-electron chi connectivity index (χ1n) is 8.34. The number of rotatable bonds is 5. The van der Waals surface area contributed by atoms with Crippen LogP contribution in [-0.4, -0.2) is 49.9 Å². The van der Waals surface area contributed by atoms with Crippen molar-refractivity contribution in [2.45, 2.75) is 26.4 Å². The van der Waals surface area contributed by atoms with Gasteiger partial charge in [-0.15, -0.1) is 0 Å². The molecule has 146 valence electrons. The van der Waals surface area contributed by atoms with E-state index in [9.17, 15) is 14.4 Å². The van der Waals surface area contributed by atoms with Crippen molar-refractivity contribution in [2.75, 3.05) is 27.3 Å². The van der Waals surface area contributed by atoms with Crippen molar-refractivity contribution < 1.29 is 28.2 Å². The Balaban J connectivity index is 2.03. The van der Waals surface area contributed by atoms with Gasteiger partial charge in [0.1, 0.15) is 29.1 Å². The van der Waals surface area contributed by atoms with E-state index in [0.717, 1.165) is 0 Å². The molecule has 2 rings (SSSR count). The summed E-state index contributed by atoms with van der Waals surface area (Å²) >= 11 is 0. The van der Waals surface area contributed by atoms with Crippen LogP contribution in [0, 0.1) is 0 Å². The smallest absolute Gasteiger partial charge is 0.410 e. The highest BCUT2D eigenvalue weighted by atomic mass is 16.6. The highest BCUT2D eigenvalue weighted by Gasteiger charge is 2.19. The van der Waals surface area contributed by atoms with Crippen LogP contribution in [0.1, 0.15) is 31.1 Å². The van der Waals surface area contributed by atoms with Gasteiger partial charge in [0, 0.05) is 18.5 Å². The fourth-order valence-corrected chi connectivity index (χ4v) is 2.17. The number of likely N-dealkylation sites (N-methyl/N-ethyl adjacent to an activating group) is 1. The van der Waals surface area contributed by atoms with E-state index in [0.29, 0.717) is 17.7 Å². The summed E-state index contributed by atoms with van der Waals surface area (Å²) in [5, 5.41) is 0.563. The maximum atomic E-state index is 11.9. The molecule has 27 heavy (non-hydrogen) atoms. The second-order valence-electron chi connectivity index (χ2n) is 6.89. The van der Waals surface area contributed by atoms with Gasteiger partial charge in [0.25, 0.3) is 0 Å². The Kier molecular flexibility index (Phi) is 6.09. The summed E-state index contributed by atoms with van der Waals surface area (Å²) in [4.78, 5) is 36.7. The number of carbonyl (C=O) groups excluding carboxylic acids is 2. The Morgan fingerprint density at radius 2 is 1.89 bits per heavy atom. The van der Waals surface area contributed by atoms with Crippen molar-refractivity contribution in [3.05, 3.63) is 40.2 Å². The molecule has 0 radical (unpaired) electrons. The summed E-state index contributed by atoms with van der Waals surface area (Å²) in [6.07, 6.45) is -0.439. The van der Waals surface area contributed by atoms with Gasteiger partial charge in [-0.2, -0.15) is 0 Å². The molecule has 0 fully saturated rings. The summed E-state index contributed by atoms with van der Waals surface area (Å²) in [6.45, 7) is 5.93. The van der Waals surface area contributed by atoms with E-state index < -0.39 is 23.3 Å². The third-order valence-electron chi connectivity index (χ3n) is 3.51. The van der Waals surface area contributed by atoms with Gasteiger partial charge in [-0.1, -0.05) is 0 Å². The minimum Gasteiger partial charge on any atom is -0.492 e. The average molecular weight is 377 g/mol. The standard InChI is InChI=1S/C19H23NO7/c1-19(2,3)27-18(23)20(4)8-9-25-13-7-6-12-10-14(16(21)24-5)17(22)26-15(12)11-13/h6-7,10-11H,8-9H2,1-5H3. The van der Waals surface area contributed by atoms with Crippen molar-refractivity contribution in [3.8, 4) is 5.75 Å². The molecule has 8 nitrogen and oxygen atoms in total. The molecule has 0 spiro atoms. The minimum absolute atomic E-state index is 0.169. The van der Waals surface area contributed by atoms with Gasteiger partial charge < -0.3 is 23.5 Å². The van der Waals surface area contributed by atoms with Crippen LogP contribution in [0.2, 0.25) is 0 Å². The highest BCUT2D eigenvalue weighted by Crippen LogP contribution is 2.21. The van der Waals surface area contributed by atoms with Crippen LogP contribution in [0.3, 0.4) is 0 Å². The minimum atomic E-state index is -0.781. The van der Waals surface area contributed by atoms with E-state index in [1.54, 1.807) is 46.0 Å². The Labute approximate surface area is 156 Å². The summed E-state index contributed by atoms with van der Waals surface area (Å²) < 4.78 is 20.6. The number of amides is 1. The first kappa shape index (κ1) is 20.3. The zero-order valence-corrected chi connectivity index (χ0v) is 16.0. The normalized spacial score (nSPS) is 11.1. The molecule has 0 aliphatic rings. The Morgan fingerprint density at radius 1 is 1.19 bits per heavy atom. The number of methoxy groups -OCH3 is 1. The molecular formula is C19H23NO7. The van der Waals surface area contributed by atoms with Gasteiger partial charge in [-0.3, -0.25) is 0 Å². The summed E-state index contributed by atoms with van der Waals surface area (Å²) in [5.74, 6) is -0.287. The Hall–Kier alpha value is -3.03. The summed E-state index contributed by atoms with van der Waals surface area (Å²) in [7, 11) is 2.81. The van der Waals surface area contributed by atoms with Crippen LogP contribution in [0.4, 0.5) is 4.79 Å². The van der Waals surface area contributed by atoms with Crippen LogP contribution in [0.25, 0.3) is 11.0 Å². The summed E-state index contributed by atoms with van der Waals surface area (Å²) in [6, 6.07) is 6.30. The number of esters is 1. The fraction of sp³-hybridized carbons (Fsp3) is 0.421. The molecule has 0 unspecified atom stereocenters. The first-order valence-corrected chi connectivity index (χ1v) is 8.34. The van der Waals surface area contributed by atoms with Gasteiger partial charge >= 0.3 is 17.7 Å². The molecule has 1 amide bonds. The second kappa shape index (κ2) is 8.11. The number of hydrogen-bond acceptors (Lipinski definition) is 7. The van der Waals surface area contributed by atoms with Gasteiger partial charge in [-0.05, 0) is 39.0 Å². The molecule has 0 aliphatic heterocycles. The van der Waals surface area contributed by atoms with E-state index in [-0.39, 0.29) is 17.8 Å². The molecule has 2 aromatic rings. The highest BCUT2D eigenvalue weighted by molar-refractivity contribution is 5.92. The number of carbonyl (C=O) groups is 2. The molecule has 0 aliphatic carbocycles. The molecule has 1 aromatic heterocycles. The van der Waals surface area contributed by atoms with Crippen LogP contribution in [0.15, 0.2) is 33.5 Å². The fourth-order valence-electron chi connectivity index (χ4n) is 2.17. The monoisotopic (exact) mass is 377 g/mol. The molecule has 0 atom stereocenters. The van der Waals surface area contributed by atoms with E-state index in [4.69, 9.17) is 13.9 Å². The lowest BCUT2D eigenvalue weighted by atomic mass is 10.2. The zero-order valence-electron chi connectivity index (χ0n) is 16.0. The van der Waals surface area contributed by atoms with Crippen LogP contribution in [-0.2, 0) is 9.47 Å². The second-order valence-corrected chi connectivity index (χ2v) is 6.89. The molecule has 0 saturated carbocycles. The largest absolute Gasteiger partial charge is 0.492 e. The number of nitrogens with zero attached hydrogens (tertiary/aromatic N) is 1.